The van der Waals surface area contributed by atoms with E-state index in [1.807, 2.05) is 24.3 Å². The summed E-state index contributed by atoms with van der Waals surface area (Å²) in [4.78, 5) is 64.9. The summed E-state index contributed by atoms with van der Waals surface area (Å²) in [6, 6.07) is 7.37. The van der Waals surface area contributed by atoms with Gasteiger partial charge >= 0.3 is 5.97 Å². The van der Waals surface area contributed by atoms with E-state index in [1.54, 1.807) is 6.20 Å². The summed E-state index contributed by atoms with van der Waals surface area (Å²) in [7, 11) is 0. The minimum Gasteiger partial charge on any atom is -0.508 e. The van der Waals surface area contributed by atoms with Crippen LogP contribution < -0.4 is 27.4 Å². The monoisotopic (exact) mass is 568 g/mol. The van der Waals surface area contributed by atoms with Gasteiger partial charge in [0, 0.05) is 23.5 Å². The number of benzene rings is 2. The molecule has 2 aromatic carbocycles. The number of carbonyl (C=O) groups excluding carboxylic acids is 4. The van der Waals surface area contributed by atoms with E-state index < -0.39 is 66.8 Å². The van der Waals surface area contributed by atoms with Gasteiger partial charge in [-0.1, -0.05) is 30.3 Å². The molecule has 4 amide bonds. The van der Waals surface area contributed by atoms with Gasteiger partial charge in [-0.3, -0.25) is 19.2 Å². The number of carbonyl (C=O) groups is 5. The van der Waals surface area contributed by atoms with E-state index in [0.717, 1.165) is 16.5 Å². The number of nitrogens with two attached hydrogens (primary N) is 2. The zero-order chi connectivity index (χ0) is 30.1. The van der Waals surface area contributed by atoms with Crippen LogP contribution in [-0.4, -0.2) is 80.7 Å². The van der Waals surface area contributed by atoms with Gasteiger partial charge in [-0.05, 0) is 35.7 Å². The third-order valence-electron chi connectivity index (χ3n) is 6.30. The maximum absolute atomic E-state index is 12.9. The number of aliphatic hydroxyl groups is 1. The molecule has 1 aromatic heterocycles. The van der Waals surface area contributed by atoms with Crippen LogP contribution in [0.3, 0.4) is 0 Å². The number of carboxylic acid groups (broad SMARTS) is 1. The normalized spacial score (nSPS) is 13.9. The molecule has 0 fully saturated rings. The van der Waals surface area contributed by atoms with Gasteiger partial charge in [-0.2, -0.15) is 0 Å². The second-order valence-corrected chi connectivity index (χ2v) is 9.42. The lowest BCUT2D eigenvalue weighted by Crippen LogP contribution is -2.59. The smallest absolute Gasteiger partial charge is 0.326 e. The quantitative estimate of drug-likeness (QED) is 0.108. The Bertz CT molecular complexity index is 1410. The summed E-state index contributed by atoms with van der Waals surface area (Å²) in [5.74, 6) is -5.19. The largest absolute Gasteiger partial charge is 0.508 e. The lowest BCUT2D eigenvalue weighted by Gasteiger charge is -2.24. The van der Waals surface area contributed by atoms with Crippen molar-refractivity contribution in [2.24, 2.45) is 11.5 Å². The van der Waals surface area contributed by atoms with Crippen LogP contribution in [-0.2, 0) is 36.8 Å². The summed E-state index contributed by atoms with van der Waals surface area (Å²) in [5, 5.41) is 36.4. The molecule has 0 saturated heterocycles. The minimum atomic E-state index is -1.60. The number of aliphatic carboxylic acids is 1. The van der Waals surface area contributed by atoms with Crippen LogP contribution in [0.5, 0.6) is 5.75 Å². The highest BCUT2D eigenvalue weighted by atomic mass is 16.4. The number of rotatable bonds is 14. The lowest BCUT2D eigenvalue weighted by atomic mass is 10.0. The molecule has 0 spiro atoms. The van der Waals surface area contributed by atoms with Crippen molar-refractivity contribution in [2.45, 2.75) is 43.4 Å². The highest BCUT2D eigenvalue weighted by molar-refractivity contribution is 5.96. The predicted molar refractivity (Wildman–Crippen MR) is 146 cm³/mol. The average Bonchev–Trinajstić information content (AvgIpc) is 3.34. The van der Waals surface area contributed by atoms with Gasteiger partial charge in [-0.15, -0.1) is 0 Å². The molecule has 3 aromatic rings. The number of primary amides is 1. The molecular formula is C27H32N6O8. The first-order valence-electron chi connectivity index (χ1n) is 12.6. The fourth-order valence-electron chi connectivity index (χ4n) is 4.13. The maximum Gasteiger partial charge on any atom is 0.326 e. The van der Waals surface area contributed by atoms with Crippen LogP contribution in [0.15, 0.2) is 54.7 Å². The molecule has 0 aliphatic heterocycles. The lowest BCUT2D eigenvalue weighted by molar-refractivity contribution is -0.142. The van der Waals surface area contributed by atoms with Crippen LogP contribution >= 0.6 is 0 Å². The molecule has 3 rings (SSSR count). The fourth-order valence-corrected chi connectivity index (χ4v) is 4.13. The maximum atomic E-state index is 12.9. The van der Waals surface area contributed by atoms with Crippen LogP contribution in [0.25, 0.3) is 10.9 Å². The van der Waals surface area contributed by atoms with E-state index in [-0.39, 0.29) is 18.6 Å². The number of aromatic nitrogens is 1. The number of aromatic amines is 1. The number of phenolic OH excluding ortho intramolecular Hbond substituents is 1. The number of amides is 4. The van der Waals surface area contributed by atoms with Crippen molar-refractivity contribution in [3.8, 4) is 5.75 Å². The van der Waals surface area contributed by atoms with Crippen molar-refractivity contribution in [3.05, 3.63) is 65.9 Å². The number of hydrogen-bond donors (Lipinski definition) is 9. The summed E-state index contributed by atoms with van der Waals surface area (Å²) in [6.45, 7) is -0.860. The third kappa shape index (κ3) is 8.52. The second kappa shape index (κ2) is 13.9. The van der Waals surface area contributed by atoms with Gasteiger partial charge in [0.1, 0.15) is 23.9 Å². The van der Waals surface area contributed by atoms with E-state index in [9.17, 15) is 39.3 Å². The van der Waals surface area contributed by atoms with Crippen molar-refractivity contribution in [1.82, 2.24) is 20.9 Å². The molecule has 4 atom stereocenters. The van der Waals surface area contributed by atoms with Crippen molar-refractivity contribution < 1.29 is 39.3 Å². The van der Waals surface area contributed by atoms with Crippen molar-refractivity contribution in [2.75, 3.05) is 6.61 Å². The Kier molecular flexibility index (Phi) is 10.4. The van der Waals surface area contributed by atoms with Gasteiger partial charge in [0.05, 0.1) is 19.1 Å². The molecule has 0 aliphatic rings. The highest BCUT2D eigenvalue weighted by Crippen LogP contribution is 2.19. The molecule has 0 bridgehead atoms. The standard InChI is InChI=1S/C27H32N6O8/c28-18(10-15-12-30-19-4-2-1-3-17(15)19)24(37)33-22(13-34)26(39)31-20(11-23(29)36)25(38)32-21(27(40)41)9-14-5-7-16(35)8-6-14/h1-8,12,18,20-22,30,34-35H,9-11,13,28H2,(H2,29,36)(H,31,39)(H,32,38)(H,33,37)(H,40,41). The number of fused-ring (bicyclic) bond motifs is 1. The van der Waals surface area contributed by atoms with Gasteiger partial charge < -0.3 is 47.7 Å². The van der Waals surface area contributed by atoms with Gasteiger partial charge in [0.2, 0.25) is 23.6 Å². The molecule has 4 unspecified atom stereocenters. The number of aromatic hydroxyl groups is 1. The van der Waals surface area contributed by atoms with E-state index >= 15 is 0 Å². The zero-order valence-corrected chi connectivity index (χ0v) is 21.9. The zero-order valence-electron chi connectivity index (χ0n) is 21.9. The molecule has 1 heterocycles. The van der Waals surface area contributed by atoms with Crippen LogP contribution in [0, 0.1) is 0 Å². The first-order valence-corrected chi connectivity index (χ1v) is 12.6. The molecule has 0 radical (unpaired) electrons. The second-order valence-electron chi connectivity index (χ2n) is 9.42. The van der Waals surface area contributed by atoms with Crippen molar-refractivity contribution in [3.63, 3.8) is 0 Å². The average molecular weight is 569 g/mol. The summed E-state index contributed by atoms with van der Waals surface area (Å²) >= 11 is 0. The van der Waals surface area contributed by atoms with E-state index in [0.29, 0.717) is 5.56 Å². The Morgan fingerprint density at radius 2 is 1.44 bits per heavy atom. The van der Waals surface area contributed by atoms with Crippen LogP contribution in [0.1, 0.15) is 17.5 Å². The topological polar surface area (TPSA) is 250 Å². The third-order valence-corrected chi connectivity index (χ3v) is 6.30. The van der Waals surface area contributed by atoms with Gasteiger partial charge in [-0.25, -0.2) is 4.79 Å². The van der Waals surface area contributed by atoms with Crippen LogP contribution in [0.2, 0.25) is 0 Å². The molecule has 41 heavy (non-hydrogen) atoms. The molecule has 218 valence electrons. The van der Waals surface area contributed by atoms with Gasteiger partial charge in [0.25, 0.3) is 0 Å². The Morgan fingerprint density at radius 3 is 2.07 bits per heavy atom. The fraction of sp³-hybridized carbons (Fsp3) is 0.296. The minimum absolute atomic E-state index is 0.0293. The van der Waals surface area contributed by atoms with Gasteiger partial charge in [0.15, 0.2) is 0 Å². The summed E-state index contributed by atoms with van der Waals surface area (Å²) < 4.78 is 0. The van der Waals surface area contributed by atoms with E-state index in [2.05, 4.69) is 20.9 Å². The number of carboxylic acids is 1. The van der Waals surface area contributed by atoms with Crippen LogP contribution in [0.4, 0.5) is 0 Å². The number of aliphatic hydroxyl groups excluding tert-OH is 1. The predicted octanol–water partition coefficient (Wildman–Crippen LogP) is -1.61. The first-order chi connectivity index (χ1) is 19.5. The molecule has 11 N–H and O–H groups in total. The first kappa shape index (κ1) is 30.6. The number of hydrogen-bond acceptors (Lipinski definition) is 8. The number of nitrogens with one attached hydrogen (secondary N) is 4. The van der Waals surface area contributed by atoms with E-state index in [1.165, 1.54) is 24.3 Å². The van der Waals surface area contributed by atoms with Crippen molar-refractivity contribution >= 4 is 40.5 Å². The van der Waals surface area contributed by atoms with Crippen molar-refractivity contribution in [1.29, 1.82) is 0 Å². The number of H-pyrrole nitrogens is 1. The Labute approximate surface area is 234 Å². The SMILES string of the molecule is NC(=O)CC(NC(=O)C(CO)NC(=O)C(N)Cc1c[nH]c2ccccc12)C(=O)NC(Cc1ccc(O)cc1)C(=O)O. The number of para-hydroxylation sites is 1. The Balaban J connectivity index is 1.64. The molecule has 0 saturated carbocycles. The highest BCUT2D eigenvalue weighted by Gasteiger charge is 2.31. The molecule has 14 nitrogen and oxygen atoms in total. The molecule has 14 heteroatoms. The Morgan fingerprint density at radius 1 is 0.829 bits per heavy atom. The Hall–Kier alpha value is -4.95. The number of phenols is 1. The van der Waals surface area contributed by atoms with E-state index in [4.69, 9.17) is 11.5 Å². The summed E-state index contributed by atoms with van der Waals surface area (Å²) in [6.07, 6.45) is 0.991. The molecular weight excluding hydrogens is 536 g/mol. The molecule has 0 aliphatic carbocycles. The summed E-state index contributed by atoms with van der Waals surface area (Å²) in [5.41, 5.74) is 13.4.